The van der Waals surface area contributed by atoms with Crippen molar-refractivity contribution in [3.63, 3.8) is 0 Å². The minimum Gasteiger partial charge on any atom is -0.744 e. The molecule has 18 heavy (non-hydrogen) atoms. The summed E-state index contributed by atoms with van der Waals surface area (Å²) < 4.78 is 33.1. The normalized spacial score (nSPS) is 10.4. The van der Waals surface area contributed by atoms with Gasteiger partial charge >= 0.3 is 0 Å². The van der Waals surface area contributed by atoms with Crippen molar-refractivity contribution in [2.45, 2.75) is 11.8 Å². The number of nitrogens with zero attached hydrogens (tertiary/aromatic N) is 2. The zero-order valence-electron chi connectivity index (χ0n) is 10.1. The van der Waals surface area contributed by atoms with E-state index in [1.165, 1.54) is 12.1 Å². The molecular formula is C12H14N2O3S. The lowest BCUT2D eigenvalue weighted by molar-refractivity contribution is -0.674. The Morgan fingerprint density at radius 3 is 2.17 bits per heavy atom. The quantitative estimate of drug-likeness (QED) is 0.565. The highest BCUT2D eigenvalue weighted by Crippen LogP contribution is 2.08. The zero-order chi connectivity index (χ0) is 13.6. The van der Waals surface area contributed by atoms with Crippen molar-refractivity contribution < 1.29 is 17.5 Å². The molecule has 0 N–H and O–H groups in total. The summed E-state index contributed by atoms with van der Waals surface area (Å²) in [4.78, 5) is 3.67. The molecule has 6 heteroatoms. The van der Waals surface area contributed by atoms with Crippen LogP contribution in [0.15, 0.2) is 53.9 Å². The summed E-state index contributed by atoms with van der Waals surface area (Å²) in [5, 5.41) is 0. The van der Waals surface area contributed by atoms with Crippen LogP contribution in [0.25, 0.3) is 0 Å². The molecule has 0 atom stereocenters. The van der Waals surface area contributed by atoms with Gasteiger partial charge in [0, 0.05) is 6.07 Å². The highest BCUT2D eigenvalue weighted by Gasteiger charge is 1.97. The molecule has 0 amide bonds. The van der Waals surface area contributed by atoms with Crippen LogP contribution >= 0.6 is 0 Å². The first-order valence-corrected chi connectivity index (χ1v) is 6.58. The largest absolute Gasteiger partial charge is 0.744 e. The molecule has 0 bridgehead atoms. The van der Waals surface area contributed by atoms with Gasteiger partial charge in [0.25, 0.3) is 6.33 Å². The van der Waals surface area contributed by atoms with Gasteiger partial charge in [0.2, 0.25) is 0 Å². The number of hydrogen-bond acceptors (Lipinski definition) is 4. The Hall–Kier alpha value is -1.79. The van der Waals surface area contributed by atoms with E-state index < -0.39 is 10.1 Å². The second kappa shape index (κ2) is 6.23. The molecular weight excluding hydrogens is 252 g/mol. The van der Waals surface area contributed by atoms with Gasteiger partial charge < -0.3 is 4.55 Å². The van der Waals surface area contributed by atoms with Crippen LogP contribution in [0, 0.1) is 6.92 Å². The van der Waals surface area contributed by atoms with Crippen LogP contribution in [0.4, 0.5) is 0 Å². The molecule has 5 nitrogen and oxygen atoms in total. The molecule has 2 rings (SSSR count). The van der Waals surface area contributed by atoms with Gasteiger partial charge in [-0.05, 0) is 19.1 Å². The standard InChI is InChI=1S/C7H8O3S.C5H7N2/c1-6-2-4-7(5-3-6)11(8,9)10;1-7-4-2-3-6-5-7/h2-5H,1H3,(H,8,9,10);2-5H,1H3/q;+1/p-1. The maximum Gasteiger partial charge on any atom is 0.285 e. The first-order chi connectivity index (χ1) is 8.39. The van der Waals surface area contributed by atoms with Crippen molar-refractivity contribution in [2.75, 3.05) is 0 Å². The van der Waals surface area contributed by atoms with Crippen LogP contribution in [-0.4, -0.2) is 18.0 Å². The highest BCUT2D eigenvalue weighted by atomic mass is 32.2. The topological polar surface area (TPSA) is 74.0 Å². The Bertz CT molecular complexity index is 580. The Morgan fingerprint density at radius 2 is 1.83 bits per heavy atom. The predicted molar refractivity (Wildman–Crippen MR) is 64.6 cm³/mol. The SMILES string of the molecule is C[n+]1cccnc1.Cc1ccc(S(=O)(=O)[O-])cc1. The molecule has 0 fully saturated rings. The second-order valence-corrected chi connectivity index (χ2v) is 5.07. The van der Waals surface area contributed by atoms with Crippen molar-refractivity contribution in [3.8, 4) is 0 Å². The Labute approximate surface area is 107 Å². The predicted octanol–water partition coefficient (Wildman–Crippen LogP) is 0.805. The van der Waals surface area contributed by atoms with Crippen LogP contribution in [0.1, 0.15) is 5.56 Å². The van der Waals surface area contributed by atoms with Crippen LogP contribution in [-0.2, 0) is 17.2 Å². The Morgan fingerprint density at radius 1 is 1.22 bits per heavy atom. The number of benzene rings is 1. The van der Waals surface area contributed by atoms with E-state index in [0.717, 1.165) is 5.56 Å². The van der Waals surface area contributed by atoms with Crippen molar-refractivity contribution in [1.29, 1.82) is 0 Å². The van der Waals surface area contributed by atoms with Crippen molar-refractivity contribution in [2.24, 2.45) is 7.05 Å². The molecule has 0 aliphatic rings. The number of aryl methyl sites for hydroxylation is 2. The van der Waals surface area contributed by atoms with Gasteiger partial charge in [-0.1, -0.05) is 22.7 Å². The lowest BCUT2D eigenvalue weighted by atomic mass is 10.2. The first-order valence-electron chi connectivity index (χ1n) is 5.17. The third kappa shape index (κ3) is 5.03. The summed E-state index contributed by atoms with van der Waals surface area (Å²) >= 11 is 0. The molecule has 2 aromatic rings. The third-order valence-corrected chi connectivity index (χ3v) is 2.90. The number of rotatable bonds is 1. The summed E-state index contributed by atoms with van der Waals surface area (Å²) in [6, 6.07) is 7.67. The van der Waals surface area contributed by atoms with Gasteiger partial charge in [0.05, 0.1) is 18.1 Å². The summed E-state index contributed by atoms with van der Waals surface area (Å²) in [5.41, 5.74) is 0.928. The average Bonchev–Trinajstić information content (AvgIpc) is 2.30. The molecule has 0 aliphatic carbocycles. The Kier molecular flexibility index (Phi) is 4.94. The van der Waals surface area contributed by atoms with E-state index in [2.05, 4.69) is 4.98 Å². The molecule has 0 saturated heterocycles. The van der Waals surface area contributed by atoms with Crippen molar-refractivity contribution in [3.05, 3.63) is 54.6 Å². The average molecular weight is 266 g/mol. The van der Waals surface area contributed by atoms with Crippen molar-refractivity contribution in [1.82, 2.24) is 4.98 Å². The first kappa shape index (κ1) is 14.3. The van der Waals surface area contributed by atoms with E-state index in [1.54, 1.807) is 24.7 Å². The van der Waals surface area contributed by atoms with Gasteiger partial charge in [0.15, 0.2) is 0 Å². The van der Waals surface area contributed by atoms with E-state index in [9.17, 15) is 13.0 Å². The smallest absolute Gasteiger partial charge is 0.285 e. The lowest BCUT2D eigenvalue weighted by Gasteiger charge is -2.05. The molecule has 0 saturated carbocycles. The fourth-order valence-electron chi connectivity index (χ4n) is 1.11. The van der Waals surface area contributed by atoms with E-state index >= 15 is 0 Å². The molecule has 1 aromatic heterocycles. The monoisotopic (exact) mass is 266 g/mol. The maximum absolute atomic E-state index is 10.4. The Balaban J connectivity index is 0.000000199. The minimum absolute atomic E-state index is 0.178. The fourth-order valence-corrected chi connectivity index (χ4v) is 1.58. The van der Waals surface area contributed by atoms with Crippen LogP contribution in [0.5, 0.6) is 0 Å². The fraction of sp³-hybridized carbons (Fsp3) is 0.167. The van der Waals surface area contributed by atoms with E-state index in [1.807, 2.05) is 30.8 Å². The van der Waals surface area contributed by atoms with Crippen molar-refractivity contribution >= 4 is 10.1 Å². The molecule has 96 valence electrons. The summed E-state index contributed by atoms with van der Waals surface area (Å²) in [5.74, 6) is 0. The number of aromatic nitrogens is 2. The van der Waals surface area contributed by atoms with E-state index in [-0.39, 0.29) is 4.90 Å². The molecule has 0 unspecified atom stereocenters. The van der Waals surface area contributed by atoms with E-state index in [0.29, 0.717) is 0 Å². The zero-order valence-corrected chi connectivity index (χ0v) is 11.0. The molecule has 1 heterocycles. The van der Waals surface area contributed by atoms with Gasteiger partial charge in [-0.2, -0.15) is 0 Å². The molecule has 0 spiro atoms. The lowest BCUT2D eigenvalue weighted by Crippen LogP contribution is -2.26. The van der Waals surface area contributed by atoms with Crippen LogP contribution < -0.4 is 4.57 Å². The summed E-state index contributed by atoms with van der Waals surface area (Å²) in [6.45, 7) is 1.82. The molecule has 1 aromatic carbocycles. The second-order valence-electron chi connectivity index (χ2n) is 3.69. The van der Waals surface area contributed by atoms with Crippen LogP contribution in [0.3, 0.4) is 0 Å². The van der Waals surface area contributed by atoms with Gasteiger partial charge in [-0.15, -0.1) is 0 Å². The molecule has 0 aliphatic heterocycles. The highest BCUT2D eigenvalue weighted by molar-refractivity contribution is 7.85. The van der Waals surface area contributed by atoms with Gasteiger partial charge in [-0.25, -0.2) is 13.0 Å². The summed E-state index contributed by atoms with van der Waals surface area (Å²) in [6.07, 6.45) is 5.44. The van der Waals surface area contributed by atoms with E-state index in [4.69, 9.17) is 0 Å². The molecule has 0 radical (unpaired) electrons. The maximum atomic E-state index is 10.4. The summed E-state index contributed by atoms with van der Waals surface area (Å²) in [7, 11) is -2.33. The van der Waals surface area contributed by atoms with Crippen LogP contribution in [0.2, 0.25) is 0 Å². The minimum atomic E-state index is -4.27. The third-order valence-electron chi connectivity index (χ3n) is 2.05. The number of hydrogen-bond donors (Lipinski definition) is 0. The van der Waals surface area contributed by atoms with Gasteiger partial charge in [0.1, 0.15) is 16.3 Å². The van der Waals surface area contributed by atoms with Gasteiger partial charge in [-0.3, -0.25) is 0 Å².